The first-order valence-corrected chi connectivity index (χ1v) is 10.8. The fraction of sp³-hybridized carbons (Fsp3) is 0.160. The molecule has 1 unspecified atom stereocenters. The number of aliphatic carboxylic acids is 1. The van der Waals surface area contributed by atoms with E-state index >= 15 is 0 Å². The Morgan fingerprint density at radius 2 is 1.62 bits per heavy atom. The smallest absolute Gasteiger partial charge is 0.407 e. The zero-order valence-corrected chi connectivity index (χ0v) is 18.5. The van der Waals surface area contributed by atoms with Crippen LogP contribution in [0.4, 0.5) is 14.9 Å². The molecule has 2 amide bonds. The molecule has 0 saturated heterocycles. The number of carboxylic acid groups (broad SMARTS) is 1. The summed E-state index contributed by atoms with van der Waals surface area (Å²) in [6.07, 6.45) is -1.64. The van der Waals surface area contributed by atoms with Crippen molar-refractivity contribution in [2.75, 3.05) is 11.9 Å². The van der Waals surface area contributed by atoms with E-state index in [0.29, 0.717) is 0 Å². The minimum absolute atomic E-state index is 0.000769. The van der Waals surface area contributed by atoms with Gasteiger partial charge in [0.2, 0.25) is 5.91 Å². The molecule has 3 N–H and O–H groups in total. The third-order valence-electron chi connectivity index (χ3n) is 5.46. The van der Waals surface area contributed by atoms with Gasteiger partial charge in [0.15, 0.2) is 0 Å². The molecule has 0 spiro atoms. The predicted molar refractivity (Wildman–Crippen MR) is 124 cm³/mol. The standard InChI is InChI=1S/C25H20ClFN2O5/c26-14-9-15(27)11-16(10-14)28-24(32)22(12-23(30)31)29-25(33)34-13-21-19-7-3-1-5-17(19)18-6-2-4-8-20(18)21/h1-11,21-22H,12-13H2,(H,28,32)(H,29,33)(H,30,31). The van der Waals surface area contributed by atoms with Gasteiger partial charge in [0.25, 0.3) is 0 Å². The summed E-state index contributed by atoms with van der Waals surface area (Å²) in [5.41, 5.74) is 4.17. The number of ether oxygens (including phenoxy) is 1. The van der Waals surface area contributed by atoms with Crippen molar-refractivity contribution in [3.05, 3.63) is 88.7 Å². The highest BCUT2D eigenvalue weighted by atomic mass is 35.5. The van der Waals surface area contributed by atoms with Crippen LogP contribution >= 0.6 is 11.6 Å². The number of carboxylic acids is 1. The van der Waals surface area contributed by atoms with Crippen molar-refractivity contribution in [2.45, 2.75) is 18.4 Å². The zero-order valence-electron chi connectivity index (χ0n) is 17.8. The highest BCUT2D eigenvalue weighted by molar-refractivity contribution is 6.31. The number of hydrogen-bond acceptors (Lipinski definition) is 4. The molecule has 0 aliphatic heterocycles. The molecule has 0 aromatic heterocycles. The fourth-order valence-electron chi connectivity index (χ4n) is 4.02. The number of rotatable bonds is 7. The highest BCUT2D eigenvalue weighted by Crippen LogP contribution is 2.44. The molecule has 9 heteroatoms. The number of alkyl carbamates (subject to hydrolysis) is 1. The Morgan fingerprint density at radius 3 is 2.21 bits per heavy atom. The lowest BCUT2D eigenvalue weighted by Crippen LogP contribution is -2.45. The van der Waals surface area contributed by atoms with E-state index in [9.17, 15) is 18.8 Å². The van der Waals surface area contributed by atoms with Gasteiger partial charge in [0.1, 0.15) is 18.5 Å². The SMILES string of the molecule is O=C(O)CC(NC(=O)OCC1c2ccccc2-c2ccccc21)C(=O)Nc1cc(F)cc(Cl)c1. The third-order valence-corrected chi connectivity index (χ3v) is 5.68. The van der Waals surface area contributed by atoms with E-state index in [4.69, 9.17) is 21.4 Å². The van der Waals surface area contributed by atoms with E-state index in [2.05, 4.69) is 10.6 Å². The molecular weight excluding hydrogens is 463 g/mol. The average Bonchev–Trinajstić information content (AvgIpc) is 3.10. The molecule has 0 radical (unpaired) electrons. The third kappa shape index (κ3) is 5.18. The second-order valence-electron chi connectivity index (χ2n) is 7.77. The second-order valence-corrected chi connectivity index (χ2v) is 8.20. The van der Waals surface area contributed by atoms with Crippen LogP contribution in [-0.2, 0) is 14.3 Å². The van der Waals surface area contributed by atoms with Gasteiger partial charge < -0.3 is 20.5 Å². The van der Waals surface area contributed by atoms with Crippen LogP contribution in [0, 0.1) is 5.82 Å². The van der Waals surface area contributed by atoms with Gasteiger partial charge in [-0.1, -0.05) is 60.1 Å². The summed E-state index contributed by atoms with van der Waals surface area (Å²) in [4.78, 5) is 36.3. The maximum Gasteiger partial charge on any atom is 0.407 e. The molecular formula is C25H20ClFN2O5. The molecule has 3 aromatic carbocycles. The number of fused-ring (bicyclic) bond motifs is 3. The summed E-state index contributed by atoms with van der Waals surface area (Å²) >= 11 is 5.78. The van der Waals surface area contributed by atoms with E-state index < -0.39 is 36.2 Å². The number of benzene rings is 3. The number of halogens is 2. The first-order chi connectivity index (χ1) is 16.3. The van der Waals surface area contributed by atoms with E-state index in [0.717, 1.165) is 34.4 Å². The summed E-state index contributed by atoms with van der Waals surface area (Å²) in [6.45, 7) is 0.000769. The lowest BCUT2D eigenvalue weighted by molar-refractivity contribution is -0.139. The summed E-state index contributed by atoms with van der Waals surface area (Å²) in [6, 6.07) is 17.5. The first kappa shape index (κ1) is 23.3. The Hall–Kier alpha value is -3.91. The van der Waals surface area contributed by atoms with Gasteiger partial charge in [-0.3, -0.25) is 9.59 Å². The van der Waals surface area contributed by atoms with Crippen LogP contribution in [-0.4, -0.2) is 35.7 Å². The molecule has 0 saturated carbocycles. The quantitative estimate of drug-likeness (QED) is 0.448. The van der Waals surface area contributed by atoms with Gasteiger partial charge in [-0.15, -0.1) is 0 Å². The average molecular weight is 483 g/mol. The Kier molecular flexibility index (Phi) is 6.79. The van der Waals surface area contributed by atoms with E-state index in [1.54, 1.807) is 0 Å². The fourth-order valence-corrected chi connectivity index (χ4v) is 4.24. The largest absolute Gasteiger partial charge is 0.481 e. The number of nitrogens with one attached hydrogen (secondary N) is 2. The van der Waals surface area contributed by atoms with Crippen molar-refractivity contribution in [1.82, 2.24) is 5.32 Å². The number of amides is 2. The maximum absolute atomic E-state index is 13.5. The number of carbonyl (C=O) groups excluding carboxylic acids is 2. The molecule has 0 bridgehead atoms. The molecule has 0 fully saturated rings. The Labute approximate surface area is 199 Å². The summed E-state index contributed by atoms with van der Waals surface area (Å²) in [5, 5.41) is 13.9. The minimum Gasteiger partial charge on any atom is -0.481 e. The molecule has 0 heterocycles. The van der Waals surface area contributed by atoms with Crippen LogP contribution in [0.25, 0.3) is 11.1 Å². The van der Waals surface area contributed by atoms with Crippen molar-refractivity contribution in [2.24, 2.45) is 0 Å². The highest BCUT2D eigenvalue weighted by Gasteiger charge is 2.30. The molecule has 3 aromatic rings. The minimum atomic E-state index is -1.45. The summed E-state index contributed by atoms with van der Waals surface area (Å²) < 4.78 is 18.9. The topological polar surface area (TPSA) is 105 Å². The molecule has 1 aliphatic rings. The number of carbonyl (C=O) groups is 3. The van der Waals surface area contributed by atoms with Crippen LogP contribution in [0.3, 0.4) is 0 Å². The lowest BCUT2D eigenvalue weighted by atomic mass is 9.98. The normalized spacial score (nSPS) is 12.9. The van der Waals surface area contributed by atoms with Gasteiger partial charge in [-0.05, 0) is 40.5 Å². The molecule has 1 atom stereocenters. The van der Waals surface area contributed by atoms with E-state index in [1.165, 1.54) is 6.07 Å². The lowest BCUT2D eigenvalue weighted by Gasteiger charge is -2.19. The second kappa shape index (κ2) is 9.93. The zero-order chi connectivity index (χ0) is 24.2. The van der Waals surface area contributed by atoms with Crippen molar-refractivity contribution in [1.29, 1.82) is 0 Å². The number of hydrogen-bond donors (Lipinski definition) is 3. The van der Waals surface area contributed by atoms with Crippen molar-refractivity contribution >= 4 is 35.3 Å². The van der Waals surface area contributed by atoms with Crippen LogP contribution < -0.4 is 10.6 Å². The van der Waals surface area contributed by atoms with E-state index in [-0.39, 0.29) is 23.2 Å². The summed E-state index contributed by atoms with van der Waals surface area (Å²) in [5.74, 6) is -3.03. The van der Waals surface area contributed by atoms with Crippen LogP contribution in [0.15, 0.2) is 66.7 Å². The maximum atomic E-state index is 13.5. The van der Waals surface area contributed by atoms with Gasteiger partial charge in [0, 0.05) is 16.6 Å². The van der Waals surface area contributed by atoms with Gasteiger partial charge in [0.05, 0.1) is 6.42 Å². The molecule has 7 nitrogen and oxygen atoms in total. The van der Waals surface area contributed by atoms with Gasteiger partial charge in [-0.2, -0.15) is 0 Å². The predicted octanol–water partition coefficient (Wildman–Crippen LogP) is 4.80. The van der Waals surface area contributed by atoms with E-state index in [1.807, 2.05) is 48.5 Å². The Balaban J connectivity index is 1.43. The van der Waals surface area contributed by atoms with Crippen LogP contribution in [0.2, 0.25) is 5.02 Å². The van der Waals surface area contributed by atoms with Gasteiger partial charge in [-0.25, -0.2) is 9.18 Å². The summed E-state index contributed by atoms with van der Waals surface area (Å²) in [7, 11) is 0. The van der Waals surface area contributed by atoms with Crippen LogP contribution in [0.1, 0.15) is 23.5 Å². The van der Waals surface area contributed by atoms with Crippen LogP contribution in [0.5, 0.6) is 0 Å². The van der Waals surface area contributed by atoms with Crippen molar-refractivity contribution in [3.8, 4) is 11.1 Å². The monoisotopic (exact) mass is 482 g/mol. The molecule has 34 heavy (non-hydrogen) atoms. The molecule has 174 valence electrons. The Morgan fingerprint density at radius 1 is 1.00 bits per heavy atom. The molecule has 1 aliphatic carbocycles. The van der Waals surface area contributed by atoms with Crippen molar-refractivity contribution in [3.63, 3.8) is 0 Å². The van der Waals surface area contributed by atoms with Gasteiger partial charge >= 0.3 is 12.1 Å². The molecule has 4 rings (SSSR count). The van der Waals surface area contributed by atoms with Crippen molar-refractivity contribution < 1.29 is 28.6 Å². The number of anilines is 1. The first-order valence-electron chi connectivity index (χ1n) is 10.4. The Bertz CT molecular complexity index is 1200.